The van der Waals surface area contributed by atoms with Gasteiger partial charge in [-0.1, -0.05) is 6.07 Å². The van der Waals surface area contributed by atoms with Crippen LogP contribution < -0.4 is 16.4 Å². The molecular formula is C23H29FN4O2. The molecule has 0 bridgehead atoms. The number of amides is 1. The van der Waals surface area contributed by atoms with E-state index in [4.69, 9.17) is 10.5 Å². The summed E-state index contributed by atoms with van der Waals surface area (Å²) in [4.78, 5) is 16.6. The lowest BCUT2D eigenvalue weighted by atomic mass is 9.81. The van der Waals surface area contributed by atoms with Crippen molar-refractivity contribution >= 4 is 11.6 Å². The number of pyridine rings is 1. The zero-order valence-corrected chi connectivity index (χ0v) is 17.2. The lowest BCUT2D eigenvalue weighted by Gasteiger charge is -2.30. The summed E-state index contributed by atoms with van der Waals surface area (Å²) in [5.74, 6) is -0.223. The SMILES string of the molecule is CO[C@H]1CN[C@@H](C(=O)Nc2cc(CC[C@@](N)(c3ccncc3)C3CC3)ccc2F)C1. The topological polar surface area (TPSA) is 89.3 Å². The molecule has 1 saturated carbocycles. The Bertz CT molecular complexity index is 890. The molecule has 1 aliphatic carbocycles. The molecule has 160 valence electrons. The van der Waals surface area contributed by atoms with Crippen molar-refractivity contribution in [1.82, 2.24) is 10.3 Å². The number of aromatic nitrogens is 1. The van der Waals surface area contributed by atoms with Gasteiger partial charge in [-0.15, -0.1) is 0 Å². The Kier molecular flexibility index (Phi) is 6.13. The van der Waals surface area contributed by atoms with Crippen LogP contribution in [0.3, 0.4) is 0 Å². The molecular weight excluding hydrogens is 383 g/mol. The van der Waals surface area contributed by atoms with Crippen LogP contribution in [0.25, 0.3) is 0 Å². The van der Waals surface area contributed by atoms with Gasteiger partial charge >= 0.3 is 0 Å². The maximum atomic E-state index is 14.3. The molecule has 0 unspecified atom stereocenters. The van der Waals surface area contributed by atoms with Gasteiger partial charge in [0.15, 0.2) is 0 Å². The minimum atomic E-state index is -0.441. The van der Waals surface area contributed by atoms with Crippen LogP contribution in [0.5, 0.6) is 0 Å². The van der Waals surface area contributed by atoms with Gasteiger partial charge in [0, 0.05) is 31.6 Å². The smallest absolute Gasteiger partial charge is 0.241 e. The highest BCUT2D eigenvalue weighted by Crippen LogP contribution is 2.46. The highest BCUT2D eigenvalue weighted by Gasteiger charge is 2.43. The second-order valence-corrected chi connectivity index (χ2v) is 8.41. The quantitative estimate of drug-likeness (QED) is 0.620. The molecule has 1 aromatic carbocycles. The first-order valence-corrected chi connectivity index (χ1v) is 10.5. The summed E-state index contributed by atoms with van der Waals surface area (Å²) >= 11 is 0. The van der Waals surface area contributed by atoms with Crippen molar-refractivity contribution in [2.45, 2.75) is 49.8 Å². The normalized spacial score (nSPS) is 23.2. The van der Waals surface area contributed by atoms with E-state index in [0.29, 0.717) is 25.3 Å². The molecule has 2 heterocycles. The average molecular weight is 413 g/mol. The number of rotatable bonds is 8. The predicted molar refractivity (Wildman–Crippen MR) is 113 cm³/mol. The number of benzene rings is 1. The first-order valence-electron chi connectivity index (χ1n) is 10.5. The van der Waals surface area contributed by atoms with Crippen molar-refractivity contribution in [3.8, 4) is 0 Å². The van der Waals surface area contributed by atoms with E-state index in [0.717, 1.165) is 30.4 Å². The Morgan fingerprint density at radius 3 is 2.77 bits per heavy atom. The number of carbonyl (C=O) groups excluding carboxylic acids is 1. The molecule has 1 amide bonds. The number of nitrogens with zero attached hydrogens (tertiary/aromatic N) is 1. The highest BCUT2D eigenvalue weighted by molar-refractivity contribution is 5.95. The van der Waals surface area contributed by atoms with Crippen LogP contribution in [0.15, 0.2) is 42.7 Å². The van der Waals surface area contributed by atoms with Crippen molar-refractivity contribution in [1.29, 1.82) is 0 Å². The number of ether oxygens (including phenoxy) is 1. The van der Waals surface area contributed by atoms with Crippen molar-refractivity contribution in [2.24, 2.45) is 11.7 Å². The number of halogens is 1. The van der Waals surface area contributed by atoms with Gasteiger partial charge in [-0.2, -0.15) is 0 Å². The van der Waals surface area contributed by atoms with Crippen LogP contribution in [0.2, 0.25) is 0 Å². The Balaban J connectivity index is 1.43. The monoisotopic (exact) mass is 412 g/mol. The van der Waals surface area contributed by atoms with E-state index in [2.05, 4.69) is 15.6 Å². The van der Waals surface area contributed by atoms with E-state index in [1.165, 1.54) is 6.07 Å². The average Bonchev–Trinajstić information content (AvgIpc) is 3.52. The fraction of sp³-hybridized carbons (Fsp3) is 0.478. The first kappa shape index (κ1) is 20.9. The van der Waals surface area contributed by atoms with Crippen molar-refractivity contribution < 1.29 is 13.9 Å². The van der Waals surface area contributed by atoms with E-state index in [1.54, 1.807) is 31.6 Å². The molecule has 4 rings (SSSR count). The fourth-order valence-electron chi connectivity index (χ4n) is 4.32. The molecule has 2 fully saturated rings. The number of nitrogens with one attached hydrogen (secondary N) is 2. The van der Waals surface area contributed by atoms with Gasteiger partial charge in [-0.3, -0.25) is 9.78 Å². The van der Waals surface area contributed by atoms with Crippen LogP contribution in [-0.4, -0.2) is 36.7 Å². The third-order valence-corrected chi connectivity index (χ3v) is 6.38. The predicted octanol–water partition coefficient (Wildman–Crippen LogP) is 2.73. The molecule has 6 nitrogen and oxygen atoms in total. The largest absolute Gasteiger partial charge is 0.380 e. The summed E-state index contributed by atoms with van der Waals surface area (Å²) < 4.78 is 19.6. The van der Waals surface area contributed by atoms with Crippen LogP contribution in [0.1, 0.15) is 36.8 Å². The highest BCUT2D eigenvalue weighted by atomic mass is 19.1. The Labute approximate surface area is 176 Å². The molecule has 0 spiro atoms. The fourth-order valence-corrected chi connectivity index (χ4v) is 4.32. The molecule has 4 N–H and O–H groups in total. The van der Waals surface area contributed by atoms with Gasteiger partial charge in [0.2, 0.25) is 5.91 Å². The van der Waals surface area contributed by atoms with E-state index in [1.807, 2.05) is 12.1 Å². The summed E-state index contributed by atoms with van der Waals surface area (Å²) in [5.41, 5.74) is 8.67. The van der Waals surface area contributed by atoms with Gasteiger partial charge in [-0.25, -0.2) is 4.39 Å². The summed E-state index contributed by atoms with van der Waals surface area (Å²) in [7, 11) is 1.63. The molecule has 3 atom stereocenters. The van der Waals surface area contributed by atoms with E-state index in [-0.39, 0.29) is 23.7 Å². The lowest BCUT2D eigenvalue weighted by molar-refractivity contribution is -0.118. The molecule has 1 saturated heterocycles. The number of hydrogen-bond donors (Lipinski definition) is 3. The molecule has 0 radical (unpaired) electrons. The number of methoxy groups -OCH3 is 1. The minimum absolute atomic E-state index is 0.00483. The van der Waals surface area contributed by atoms with Crippen molar-refractivity contribution in [3.63, 3.8) is 0 Å². The Morgan fingerprint density at radius 1 is 1.33 bits per heavy atom. The van der Waals surface area contributed by atoms with Crippen LogP contribution >= 0.6 is 0 Å². The molecule has 2 aromatic rings. The molecule has 2 aliphatic rings. The summed E-state index contributed by atoms with van der Waals surface area (Å²) in [6.07, 6.45) is 7.83. The minimum Gasteiger partial charge on any atom is -0.380 e. The molecule has 7 heteroatoms. The summed E-state index contributed by atoms with van der Waals surface area (Å²) in [6, 6.07) is 8.48. The number of hydrogen-bond acceptors (Lipinski definition) is 5. The van der Waals surface area contributed by atoms with Crippen molar-refractivity contribution in [2.75, 3.05) is 19.0 Å². The maximum Gasteiger partial charge on any atom is 0.241 e. The number of aryl methyl sites for hydroxylation is 1. The second-order valence-electron chi connectivity index (χ2n) is 8.41. The van der Waals surface area contributed by atoms with Crippen LogP contribution in [0.4, 0.5) is 10.1 Å². The lowest BCUT2D eigenvalue weighted by Crippen LogP contribution is -2.39. The van der Waals surface area contributed by atoms with Gasteiger partial charge in [0.1, 0.15) is 5.82 Å². The third kappa shape index (κ3) is 4.53. The van der Waals surface area contributed by atoms with Gasteiger partial charge in [0.25, 0.3) is 0 Å². The van der Waals surface area contributed by atoms with Crippen LogP contribution in [0, 0.1) is 11.7 Å². The van der Waals surface area contributed by atoms with Gasteiger partial charge < -0.3 is 21.1 Å². The molecule has 1 aliphatic heterocycles. The summed E-state index contributed by atoms with van der Waals surface area (Å²) in [6.45, 7) is 0.617. The van der Waals surface area contributed by atoms with E-state index in [9.17, 15) is 9.18 Å². The zero-order valence-electron chi connectivity index (χ0n) is 17.2. The van der Waals surface area contributed by atoms with E-state index >= 15 is 0 Å². The third-order valence-electron chi connectivity index (χ3n) is 6.38. The molecule has 1 aromatic heterocycles. The van der Waals surface area contributed by atoms with Gasteiger partial charge in [-0.05, 0) is 73.4 Å². The van der Waals surface area contributed by atoms with Gasteiger partial charge in [0.05, 0.1) is 17.8 Å². The first-order chi connectivity index (χ1) is 14.5. The van der Waals surface area contributed by atoms with Crippen LogP contribution in [-0.2, 0) is 21.5 Å². The number of carbonyl (C=O) groups is 1. The Morgan fingerprint density at radius 2 is 2.10 bits per heavy atom. The number of nitrogens with two attached hydrogens (primary N) is 1. The number of anilines is 1. The second kappa shape index (κ2) is 8.79. The zero-order chi connectivity index (χ0) is 21.1. The summed E-state index contributed by atoms with van der Waals surface area (Å²) in [5, 5.41) is 5.84. The van der Waals surface area contributed by atoms with E-state index < -0.39 is 11.4 Å². The standard InChI is InChI=1S/C23H29FN4O2/c1-30-18-13-21(27-14-18)22(29)28-20-12-15(2-5-19(20)24)6-9-23(25,16-3-4-16)17-7-10-26-11-8-17/h2,5,7-8,10-12,16,18,21,27H,3-4,6,9,13-14,25H2,1H3,(H,28,29)/t18-,21-,23+/m1/s1. The maximum absolute atomic E-state index is 14.3. The Hall–Kier alpha value is -2.35. The molecule has 30 heavy (non-hydrogen) atoms. The van der Waals surface area contributed by atoms with Crippen molar-refractivity contribution in [3.05, 3.63) is 59.7 Å².